The van der Waals surface area contributed by atoms with Crippen molar-refractivity contribution in [3.63, 3.8) is 0 Å². The van der Waals surface area contributed by atoms with E-state index >= 15 is 0 Å². The largest absolute Gasteiger partial charge is 0.319 e. The second-order valence-corrected chi connectivity index (χ2v) is 5.83. The van der Waals surface area contributed by atoms with Gasteiger partial charge in [-0.2, -0.15) is 0 Å². The van der Waals surface area contributed by atoms with Crippen LogP contribution in [0.2, 0.25) is 0 Å². The van der Waals surface area contributed by atoms with E-state index in [0.717, 1.165) is 6.26 Å². The van der Waals surface area contributed by atoms with Gasteiger partial charge in [0.25, 0.3) is 5.91 Å². The van der Waals surface area contributed by atoms with Gasteiger partial charge in [-0.05, 0) is 5.41 Å². The molecule has 0 bridgehead atoms. The van der Waals surface area contributed by atoms with E-state index in [9.17, 15) is 13.2 Å². The number of nitrogens with two attached hydrogens (primary N) is 1. The molecule has 0 aliphatic rings. The van der Waals surface area contributed by atoms with E-state index in [-0.39, 0.29) is 0 Å². The van der Waals surface area contributed by atoms with Crippen LogP contribution >= 0.6 is 0 Å². The molecule has 0 fully saturated rings. The van der Waals surface area contributed by atoms with Crippen LogP contribution in [0.5, 0.6) is 0 Å². The molecule has 0 heterocycles. The van der Waals surface area contributed by atoms with Crippen molar-refractivity contribution in [1.29, 1.82) is 0 Å². The van der Waals surface area contributed by atoms with Gasteiger partial charge in [0.05, 0.1) is 12.3 Å². The molecule has 0 aliphatic heterocycles. The summed E-state index contributed by atoms with van der Waals surface area (Å²) in [4.78, 5) is 11.2. The molecule has 5 nitrogen and oxygen atoms in total. The smallest absolute Gasteiger partial charge is 0.250 e. The maximum Gasteiger partial charge on any atom is 0.250 e. The highest BCUT2D eigenvalue weighted by molar-refractivity contribution is 7.89. The molecule has 0 rings (SSSR count). The van der Waals surface area contributed by atoms with E-state index < -0.39 is 27.4 Å². The molecule has 0 aromatic carbocycles. The first-order valence-corrected chi connectivity index (χ1v) is 5.70. The minimum Gasteiger partial charge on any atom is -0.319 e. The Morgan fingerprint density at radius 2 is 1.77 bits per heavy atom. The molecular weight excluding hydrogens is 192 g/mol. The van der Waals surface area contributed by atoms with Gasteiger partial charge < -0.3 is 5.73 Å². The summed E-state index contributed by atoms with van der Waals surface area (Å²) in [6.45, 7) is 5.29. The fraction of sp³-hybridized carbons (Fsp3) is 0.857. The molecule has 0 aliphatic carbocycles. The Kier molecular flexibility index (Phi) is 3.46. The molecule has 1 amide bonds. The molecule has 0 aromatic rings. The normalized spacial score (nSPS) is 15.2. The van der Waals surface area contributed by atoms with Crippen LogP contribution in [-0.2, 0) is 14.8 Å². The lowest BCUT2D eigenvalue weighted by atomic mass is 9.87. The van der Waals surface area contributed by atoms with E-state index in [2.05, 4.69) is 0 Å². The van der Waals surface area contributed by atoms with Crippen LogP contribution in [0.4, 0.5) is 0 Å². The number of hydrogen-bond acceptors (Lipinski definition) is 4. The molecule has 3 N–H and O–H groups in total. The molecule has 0 unspecified atom stereocenters. The number of hydrogen-bond donors (Lipinski definition) is 2. The SMILES string of the molecule is CC(C)(C)[C@@H](N)C(=O)NS(C)(=O)=O. The lowest BCUT2D eigenvalue weighted by molar-refractivity contribution is -0.122. The minimum absolute atomic E-state index is 0.450. The lowest BCUT2D eigenvalue weighted by Crippen LogP contribution is -2.49. The topological polar surface area (TPSA) is 89.3 Å². The summed E-state index contributed by atoms with van der Waals surface area (Å²) >= 11 is 0. The summed E-state index contributed by atoms with van der Waals surface area (Å²) in [5.41, 5.74) is 5.08. The maximum absolute atomic E-state index is 11.2. The highest BCUT2D eigenvalue weighted by Crippen LogP contribution is 2.17. The number of carbonyl (C=O) groups excluding carboxylic acids is 1. The molecule has 0 radical (unpaired) electrons. The number of rotatable bonds is 2. The molecule has 6 heteroatoms. The molecular formula is C7H16N2O3S. The second-order valence-electron chi connectivity index (χ2n) is 4.08. The van der Waals surface area contributed by atoms with Crippen LogP contribution in [0.1, 0.15) is 20.8 Å². The third-order valence-electron chi connectivity index (χ3n) is 1.50. The quantitative estimate of drug-likeness (QED) is 0.636. The predicted octanol–water partition coefficient (Wildman–Crippen LogP) is -0.564. The molecule has 0 aromatic heterocycles. The van der Waals surface area contributed by atoms with Crippen molar-refractivity contribution >= 4 is 15.9 Å². The van der Waals surface area contributed by atoms with Gasteiger partial charge in [-0.1, -0.05) is 20.8 Å². The Morgan fingerprint density at radius 3 is 2.00 bits per heavy atom. The van der Waals surface area contributed by atoms with Crippen molar-refractivity contribution in [3.05, 3.63) is 0 Å². The number of amides is 1. The van der Waals surface area contributed by atoms with Gasteiger partial charge in [0, 0.05) is 0 Å². The molecule has 1 atom stereocenters. The number of carbonyl (C=O) groups is 1. The van der Waals surface area contributed by atoms with Gasteiger partial charge >= 0.3 is 0 Å². The third kappa shape index (κ3) is 4.84. The molecule has 0 spiro atoms. The van der Waals surface area contributed by atoms with Crippen molar-refractivity contribution < 1.29 is 13.2 Å². The first-order valence-electron chi connectivity index (χ1n) is 3.81. The molecule has 0 saturated heterocycles. The van der Waals surface area contributed by atoms with Crippen LogP contribution in [-0.4, -0.2) is 26.6 Å². The second kappa shape index (κ2) is 3.63. The van der Waals surface area contributed by atoms with Crippen molar-refractivity contribution in [3.8, 4) is 0 Å². The van der Waals surface area contributed by atoms with E-state index in [4.69, 9.17) is 5.73 Å². The van der Waals surface area contributed by atoms with E-state index in [0.29, 0.717) is 0 Å². The van der Waals surface area contributed by atoms with Crippen LogP contribution in [0.3, 0.4) is 0 Å². The highest BCUT2D eigenvalue weighted by atomic mass is 32.2. The fourth-order valence-corrected chi connectivity index (χ4v) is 1.13. The Bertz CT molecular complexity index is 289. The fourth-order valence-electron chi connectivity index (χ4n) is 0.639. The standard InChI is InChI=1S/C7H16N2O3S/c1-7(2,3)5(8)6(10)9-13(4,11)12/h5H,8H2,1-4H3,(H,9,10)/t5-/m0/s1. The van der Waals surface area contributed by atoms with Crippen LogP contribution < -0.4 is 10.5 Å². The first-order chi connectivity index (χ1) is 5.54. The van der Waals surface area contributed by atoms with E-state index in [1.807, 2.05) is 4.72 Å². The summed E-state index contributed by atoms with van der Waals surface area (Å²) in [5.74, 6) is -0.671. The Balaban J connectivity index is 4.48. The van der Waals surface area contributed by atoms with Gasteiger partial charge in [0.2, 0.25) is 10.0 Å². The number of sulfonamides is 1. The van der Waals surface area contributed by atoms with Gasteiger partial charge in [-0.3, -0.25) is 9.52 Å². The summed E-state index contributed by atoms with van der Waals surface area (Å²) in [6, 6.07) is -0.831. The monoisotopic (exact) mass is 208 g/mol. The van der Waals surface area contributed by atoms with Crippen LogP contribution in [0.25, 0.3) is 0 Å². The molecule has 0 saturated carbocycles. The van der Waals surface area contributed by atoms with Gasteiger partial charge in [-0.15, -0.1) is 0 Å². The zero-order chi connectivity index (χ0) is 10.9. The van der Waals surface area contributed by atoms with Crippen LogP contribution in [0, 0.1) is 5.41 Å². The summed E-state index contributed by atoms with van der Waals surface area (Å²) < 4.78 is 23.2. The zero-order valence-corrected chi connectivity index (χ0v) is 9.10. The minimum atomic E-state index is -3.51. The van der Waals surface area contributed by atoms with E-state index in [1.165, 1.54) is 0 Å². The van der Waals surface area contributed by atoms with Gasteiger partial charge in [0.1, 0.15) is 0 Å². The lowest BCUT2D eigenvalue weighted by Gasteiger charge is -2.25. The summed E-state index contributed by atoms with van der Waals surface area (Å²) in [7, 11) is -3.51. The van der Waals surface area contributed by atoms with Crippen molar-refractivity contribution in [2.24, 2.45) is 11.1 Å². The predicted molar refractivity (Wildman–Crippen MR) is 50.4 cm³/mol. The van der Waals surface area contributed by atoms with E-state index in [1.54, 1.807) is 20.8 Å². The highest BCUT2D eigenvalue weighted by Gasteiger charge is 2.28. The van der Waals surface area contributed by atoms with Crippen molar-refractivity contribution in [2.45, 2.75) is 26.8 Å². The Morgan fingerprint density at radius 1 is 1.38 bits per heavy atom. The number of nitrogens with one attached hydrogen (secondary N) is 1. The summed E-state index contributed by atoms with van der Waals surface area (Å²) in [5, 5.41) is 0. The van der Waals surface area contributed by atoms with Crippen molar-refractivity contribution in [1.82, 2.24) is 4.72 Å². The average molecular weight is 208 g/mol. The first kappa shape index (κ1) is 12.4. The third-order valence-corrected chi connectivity index (χ3v) is 2.07. The Labute approximate surface area is 78.7 Å². The molecule has 13 heavy (non-hydrogen) atoms. The Hall–Kier alpha value is -0.620. The van der Waals surface area contributed by atoms with Crippen LogP contribution in [0.15, 0.2) is 0 Å². The summed E-state index contributed by atoms with van der Waals surface area (Å²) in [6.07, 6.45) is 0.917. The zero-order valence-electron chi connectivity index (χ0n) is 8.29. The van der Waals surface area contributed by atoms with Gasteiger partial charge in [-0.25, -0.2) is 8.42 Å². The average Bonchev–Trinajstić information content (AvgIpc) is 1.79. The van der Waals surface area contributed by atoms with Gasteiger partial charge in [0.15, 0.2) is 0 Å². The molecule has 78 valence electrons. The maximum atomic E-state index is 11.2. The van der Waals surface area contributed by atoms with Crippen molar-refractivity contribution in [2.75, 3.05) is 6.26 Å².